The number of furan rings is 1. The Morgan fingerprint density at radius 2 is 1.96 bits per heavy atom. The van der Waals surface area contributed by atoms with Crippen molar-refractivity contribution in [3.05, 3.63) is 54.0 Å². The molecule has 1 fully saturated rings. The highest BCUT2D eigenvalue weighted by atomic mass is 16.4. The zero-order valence-electron chi connectivity index (χ0n) is 15.0. The van der Waals surface area contributed by atoms with E-state index < -0.39 is 5.97 Å². The van der Waals surface area contributed by atoms with Crippen molar-refractivity contribution in [2.45, 2.75) is 19.4 Å². The minimum Gasteiger partial charge on any atom is -0.478 e. The number of carboxylic acids is 1. The Bertz CT molecular complexity index is 881. The predicted molar refractivity (Wildman–Crippen MR) is 102 cm³/mol. The summed E-state index contributed by atoms with van der Waals surface area (Å²) in [5.74, 6) is 1.16. The van der Waals surface area contributed by atoms with Crippen LogP contribution in [0.15, 0.2) is 47.1 Å². The molecule has 0 radical (unpaired) electrons. The van der Waals surface area contributed by atoms with Crippen molar-refractivity contribution in [3.63, 3.8) is 0 Å². The van der Waals surface area contributed by atoms with Gasteiger partial charge in [0.1, 0.15) is 11.3 Å². The summed E-state index contributed by atoms with van der Waals surface area (Å²) in [5.41, 5.74) is 1.04. The highest BCUT2D eigenvalue weighted by Crippen LogP contribution is 2.21. The second-order valence-electron chi connectivity index (χ2n) is 6.89. The SMILES string of the molecule is O=C(O)c1cnc(N2CCC(CNCc3cc4ccccc4o3)CC2)nc1. The van der Waals surface area contributed by atoms with Crippen molar-refractivity contribution in [3.8, 4) is 0 Å². The predicted octanol–water partition coefficient (Wildman–Crippen LogP) is 2.93. The van der Waals surface area contributed by atoms with Crippen LogP contribution in [0.25, 0.3) is 11.0 Å². The van der Waals surface area contributed by atoms with Crippen molar-refractivity contribution in [2.24, 2.45) is 5.92 Å². The number of rotatable bonds is 6. The number of benzene rings is 1. The van der Waals surface area contributed by atoms with Crippen LogP contribution in [-0.4, -0.2) is 40.7 Å². The molecule has 1 aliphatic rings. The van der Waals surface area contributed by atoms with Crippen molar-refractivity contribution in [1.29, 1.82) is 0 Å². The second kappa shape index (κ2) is 7.75. The molecule has 0 atom stereocenters. The Balaban J connectivity index is 1.24. The number of hydrogen-bond acceptors (Lipinski definition) is 6. The lowest BCUT2D eigenvalue weighted by Gasteiger charge is -2.32. The van der Waals surface area contributed by atoms with Gasteiger partial charge in [-0.15, -0.1) is 0 Å². The third-order valence-electron chi connectivity index (χ3n) is 4.99. The number of hydrogen-bond donors (Lipinski definition) is 2. The van der Waals surface area contributed by atoms with Crippen LogP contribution < -0.4 is 10.2 Å². The largest absolute Gasteiger partial charge is 0.478 e. The molecule has 0 unspecified atom stereocenters. The minimum atomic E-state index is -1.00. The number of para-hydroxylation sites is 1. The second-order valence-corrected chi connectivity index (χ2v) is 6.89. The zero-order chi connectivity index (χ0) is 18.6. The van der Waals surface area contributed by atoms with E-state index in [1.165, 1.54) is 12.4 Å². The molecule has 27 heavy (non-hydrogen) atoms. The molecular formula is C20H22N4O3. The van der Waals surface area contributed by atoms with E-state index >= 15 is 0 Å². The molecular weight excluding hydrogens is 344 g/mol. The van der Waals surface area contributed by atoms with Crippen LogP contribution in [0.4, 0.5) is 5.95 Å². The average molecular weight is 366 g/mol. The Labute approximate surface area is 157 Å². The molecule has 2 aromatic heterocycles. The molecule has 1 aliphatic heterocycles. The van der Waals surface area contributed by atoms with Crippen LogP contribution in [0.3, 0.4) is 0 Å². The summed E-state index contributed by atoms with van der Waals surface area (Å²) in [5, 5.41) is 13.6. The van der Waals surface area contributed by atoms with E-state index in [-0.39, 0.29) is 5.56 Å². The van der Waals surface area contributed by atoms with Gasteiger partial charge in [0, 0.05) is 30.9 Å². The number of anilines is 1. The van der Waals surface area contributed by atoms with Gasteiger partial charge in [-0.2, -0.15) is 0 Å². The number of aromatic carboxylic acids is 1. The Hall–Kier alpha value is -2.93. The van der Waals surface area contributed by atoms with Gasteiger partial charge in [-0.05, 0) is 37.4 Å². The Morgan fingerprint density at radius 3 is 2.67 bits per heavy atom. The van der Waals surface area contributed by atoms with Gasteiger partial charge in [-0.3, -0.25) is 0 Å². The summed E-state index contributed by atoms with van der Waals surface area (Å²) in [4.78, 5) is 21.3. The van der Waals surface area contributed by atoms with Crippen LogP contribution in [-0.2, 0) is 6.54 Å². The van der Waals surface area contributed by atoms with Gasteiger partial charge < -0.3 is 19.7 Å². The van der Waals surface area contributed by atoms with Crippen molar-refractivity contribution in [1.82, 2.24) is 15.3 Å². The summed E-state index contributed by atoms with van der Waals surface area (Å²) >= 11 is 0. The quantitative estimate of drug-likeness (QED) is 0.693. The van der Waals surface area contributed by atoms with Crippen LogP contribution in [0, 0.1) is 5.92 Å². The highest BCUT2D eigenvalue weighted by molar-refractivity contribution is 5.86. The summed E-state index contributed by atoms with van der Waals surface area (Å²) in [7, 11) is 0. The first-order chi connectivity index (χ1) is 13.2. The molecule has 1 aromatic carbocycles. The molecule has 0 amide bonds. The normalized spacial score (nSPS) is 15.3. The first kappa shape index (κ1) is 17.5. The summed E-state index contributed by atoms with van der Waals surface area (Å²) in [6, 6.07) is 10.1. The fourth-order valence-corrected chi connectivity index (χ4v) is 3.46. The van der Waals surface area contributed by atoms with Gasteiger partial charge >= 0.3 is 5.97 Å². The van der Waals surface area contributed by atoms with Gasteiger partial charge in [0.2, 0.25) is 5.95 Å². The molecule has 2 N–H and O–H groups in total. The molecule has 1 saturated heterocycles. The van der Waals surface area contributed by atoms with E-state index in [9.17, 15) is 4.79 Å². The maximum atomic E-state index is 10.9. The summed E-state index contributed by atoms with van der Waals surface area (Å²) < 4.78 is 5.83. The van der Waals surface area contributed by atoms with Gasteiger partial charge in [0.05, 0.1) is 12.1 Å². The molecule has 0 saturated carbocycles. The maximum absolute atomic E-state index is 10.9. The van der Waals surface area contributed by atoms with Crippen LogP contribution in [0.5, 0.6) is 0 Å². The lowest BCUT2D eigenvalue weighted by molar-refractivity contribution is 0.0696. The molecule has 0 bridgehead atoms. The van der Waals surface area contributed by atoms with E-state index in [4.69, 9.17) is 9.52 Å². The van der Waals surface area contributed by atoms with E-state index in [1.54, 1.807) is 0 Å². The van der Waals surface area contributed by atoms with Crippen molar-refractivity contribution >= 4 is 22.9 Å². The lowest BCUT2D eigenvalue weighted by atomic mass is 9.97. The van der Waals surface area contributed by atoms with Crippen LogP contribution >= 0.6 is 0 Å². The third-order valence-corrected chi connectivity index (χ3v) is 4.99. The van der Waals surface area contributed by atoms with E-state index in [1.807, 2.05) is 18.2 Å². The Morgan fingerprint density at radius 1 is 1.22 bits per heavy atom. The number of carbonyl (C=O) groups is 1. The number of nitrogens with one attached hydrogen (secondary N) is 1. The molecule has 0 aliphatic carbocycles. The standard InChI is InChI=1S/C20H22N4O3/c25-19(26)16-11-22-20(23-12-16)24-7-5-14(6-8-24)10-21-13-17-9-15-3-1-2-4-18(15)27-17/h1-4,9,11-12,14,21H,5-8,10,13H2,(H,25,26). The molecule has 4 rings (SSSR count). The molecule has 3 heterocycles. The Kier molecular flexibility index (Phi) is 5.02. The van der Waals surface area contributed by atoms with Gasteiger partial charge in [-0.25, -0.2) is 14.8 Å². The maximum Gasteiger partial charge on any atom is 0.338 e. The minimum absolute atomic E-state index is 0.114. The van der Waals surface area contributed by atoms with Crippen molar-refractivity contribution < 1.29 is 14.3 Å². The van der Waals surface area contributed by atoms with Crippen LogP contribution in [0.2, 0.25) is 0 Å². The molecule has 140 valence electrons. The number of carboxylic acid groups (broad SMARTS) is 1. The monoisotopic (exact) mass is 366 g/mol. The fraction of sp³-hybridized carbons (Fsp3) is 0.350. The first-order valence-electron chi connectivity index (χ1n) is 9.17. The molecule has 7 heteroatoms. The number of piperidine rings is 1. The third kappa shape index (κ3) is 4.09. The average Bonchev–Trinajstić information content (AvgIpc) is 3.11. The van der Waals surface area contributed by atoms with Crippen molar-refractivity contribution in [2.75, 3.05) is 24.5 Å². The summed E-state index contributed by atoms with van der Waals surface area (Å²) in [6.45, 7) is 3.44. The zero-order valence-corrected chi connectivity index (χ0v) is 15.0. The molecule has 7 nitrogen and oxygen atoms in total. The summed E-state index contributed by atoms with van der Waals surface area (Å²) in [6.07, 6.45) is 4.84. The van der Waals surface area contributed by atoms with Gasteiger partial charge in [0.15, 0.2) is 0 Å². The number of fused-ring (bicyclic) bond motifs is 1. The topological polar surface area (TPSA) is 91.5 Å². The smallest absolute Gasteiger partial charge is 0.338 e. The first-order valence-corrected chi connectivity index (χ1v) is 9.17. The van der Waals surface area contributed by atoms with Gasteiger partial charge in [-0.1, -0.05) is 18.2 Å². The lowest BCUT2D eigenvalue weighted by Crippen LogP contribution is -2.38. The number of nitrogens with zero attached hydrogens (tertiary/aromatic N) is 3. The highest BCUT2D eigenvalue weighted by Gasteiger charge is 2.21. The molecule has 0 spiro atoms. The fourth-order valence-electron chi connectivity index (χ4n) is 3.46. The van der Waals surface area contributed by atoms with E-state index in [2.05, 4.69) is 32.3 Å². The van der Waals surface area contributed by atoms with E-state index in [0.717, 1.165) is 55.8 Å². The number of aromatic nitrogens is 2. The molecule has 3 aromatic rings. The van der Waals surface area contributed by atoms with E-state index in [0.29, 0.717) is 11.9 Å². The van der Waals surface area contributed by atoms with Gasteiger partial charge in [0.25, 0.3) is 0 Å². The van der Waals surface area contributed by atoms with Crippen LogP contribution in [0.1, 0.15) is 29.0 Å².